The fourth-order valence-electron chi connectivity index (χ4n) is 2.44. The van der Waals surface area contributed by atoms with Crippen molar-refractivity contribution in [2.24, 2.45) is 5.92 Å². The molecule has 1 aliphatic carbocycles. The lowest BCUT2D eigenvalue weighted by Crippen LogP contribution is -2.13. The van der Waals surface area contributed by atoms with Crippen LogP contribution in [0.1, 0.15) is 25.7 Å². The third kappa shape index (κ3) is 3.98. The number of hydrogen-bond acceptors (Lipinski definition) is 3. The second-order valence-electron chi connectivity index (χ2n) is 4.77. The van der Waals surface area contributed by atoms with Crippen LogP contribution in [0.2, 0.25) is 0 Å². The molecule has 2 rings (SSSR count). The predicted octanol–water partition coefficient (Wildman–Crippen LogP) is 3.90. The topological polar surface area (TPSA) is 30.5 Å². The van der Waals surface area contributed by atoms with Crippen molar-refractivity contribution in [1.82, 2.24) is 0 Å². The van der Waals surface area contributed by atoms with Crippen LogP contribution in [0.4, 0.5) is 14.5 Å². The minimum atomic E-state index is -2.82. The van der Waals surface area contributed by atoms with E-state index in [2.05, 4.69) is 10.1 Å². The van der Waals surface area contributed by atoms with Crippen molar-refractivity contribution in [1.29, 1.82) is 0 Å². The zero-order valence-electron chi connectivity index (χ0n) is 11.0. The number of anilines is 1. The van der Waals surface area contributed by atoms with Gasteiger partial charge in [-0.15, -0.1) is 0 Å². The number of nitrogens with one attached hydrogen (secondary N) is 1. The number of alkyl halides is 2. The van der Waals surface area contributed by atoms with Crippen molar-refractivity contribution >= 4 is 5.69 Å². The SMILES string of the molecule is COc1ccc(OC(F)F)c(NCC2CCCC2)c1. The first kappa shape index (κ1) is 13.9. The molecule has 1 aromatic rings. The molecule has 1 fully saturated rings. The molecule has 0 bridgehead atoms. The molecule has 0 aliphatic heterocycles. The Kier molecular flexibility index (Phi) is 4.82. The lowest BCUT2D eigenvalue weighted by atomic mass is 10.1. The maximum atomic E-state index is 12.3. The van der Waals surface area contributed by atoms with E-state index in [4.69, 9.17) is 4.74 Å². The molecule has 0 atom stereocenters. The van der Waals surface area contributed by atoms with Gasteiger partial charge in [0, 0.05) is 12.6 Å². The van der Waals surface area contributed by atoms with E-state index >= 15 is 0 Å². The van der Waals surface area contributed by atoms with E-state index in [9.17, 15) is 8.78 Å². The molecule has 0 saturated heterocycles. The maximum absolute atomic E-state index is 12.3. The molecule has 0 radical (unpaired) electrons. The van der Waals surface area contributed by atoms with Gasteiger partial charge in [0.15, 0.2) is 0 Å². The van der Waals surface area contributed by atoms with E-state index < -0.39 is 6.61 Å². The molecule has 0 amide bonds. The lowest BCUT2D eigenvalue weighted by Gasteiger charge is -2.16. The fourth-order valence-corrected chi connectivity index (χ4v) is 2.44. The Morgan fingerprint density at radius 2 is 2.05 bits per heavy atom. The first-order valence-corrected chi connectivity index (χ1v) is 6.55. The van der Waals surface area contributed by atoms with Crippen molar-refractivity contribution in [3.05, 3.63) is 18.2 Å². The maximum Gasteiger partial charge on any atom is 0.387 e. The van der Waals surface area contributed by atoms with Crippen LogP contribution in [0.15, 0.2) is 18.2 Å². The monoisotopic (exact) mass is 271 g/mol. The van der Waals surface area contributed by atoms with E-state index in [1.165, 1.54) is 31.7 Å². The van der Waals surface area contributed by atoms with Crippen LogP contribution in [0, 0.1) is 5.92 Å². The zero-order valence-corrected chi connectivity index (χ0v) is 11.0. The Balaban J connectivity index is 2.05. The van der Waals surface area contributed by atoms with Crippen LogP contribution in [0.5, 0.6) is 11.5 Å². The average Bonchev–Trinajstić information content (AvgIpc) is 2.90. The van der Waals surface area contributed by atoms with Crippen molar-refractivity contribution in [2.45, 2.75) is 32.3 Å². The molecule has 1 aromatic carbocycles. The van der Waals surface area contributed by atoms with Gasteiger partial charge in [-0.25, -0.2) is 0 Å². The summed E-state index contributed by atoms with van der Waals surface area (Å²) in [5.41, 5.74) is 0.562. The normalized spacial score (nSPS) is 15.8. The molecule has 5 heteroatoms. The van der Waals surface area contributed by atoms with E-state index in [0.717, 1.165) is 6.54 Å². The highest BCUT2D eigenvalue weighted by molar-refractivity contribution is 5.59. The molecule has 0 aromatic heterocycles. The number of methoxy groups -OCH3 is 1. The minimum Gasteiger partial charge on any atom is -0.497 e. The van der Waals surface area contributed by atoms with E-state index in [0.29, 0.717) is 17.4 Å². The van der Waals surface area contributed by atoms with Crippen molar-refractivity contribution < 1.29 is 18.3 Å². The van der Waals surface area contributed by atoms with Gasteiger partial charge in [-0.3, -0.25) is 0 Å². The summed E-state index contributed by atoms with van der Waals surface area (Å²) in [4.78, 5) is 0. The second kappa shape index (κ2) is 6.59. The molecule has 19 heavy (non-hydrogen) atoms. The Hall–Kier alpha value is -1.52. The Morgan fingerprint density at radius 3 is 2.68 bits per heavy atom. The number of halogens is 2. The molecule has 0 spiro atoms. The molecule has 0 heterocycles. The quantitative estimate of drug-likeness (QED) is 0.851. The highest BCUT2D eigenvalue weighted by Gasteiger charge is 2.16. The molecule has 1 N–H and O–H groups in total. The van der Waals surface area contributed by atoms with E-state index in [1.807, 2.05) is 0 Å². The summed E-state index contributed by atoms with van der Waals surface area (Å²) in [5, 5.41) is 3.20. The summed E-state index contributed by atoms with van der Waals surface area (Å²) in [6.45, 7) is -2.03. The van der Waals surface area contributed by atoms with Gasteiger partial charge in [-0.2, -0.15) is 8.78 Å². The Labute approximate surface area is 111 Å². The highest BCUT2D eigenvalue weighted by atomic mass is 19.3. The summed E-state index contributed by atoms with van der Waals surface area (Å²) in [6.07, 6.45) is 4.90. The van der Waals surface area contributed by atoms with Gasteiger partial charge in [0.05, 0.1) is 12.8 Å². The molecule has 1 saturated carbocycles. The summed E-state index contributed by atoms with van der Waals surface area (Å²) in [7, 11) is 1.55. The molecule has 3 nitrogen and oxygen atoms in total. The standard InChI is InChI=1S/C14H19F2NO2/c1-18-11-6-7-13(19-14(15)16)12(8-11)17-9-10-4-2-3-5-10/h6-8,10,14,17H,2-5,9H2,1H3. The van der Waals surface area contributed by atoms with Gasteiger partial charge >= 0.3 is 6.61 Å². The van der Waals surface area contributed by atoms with Crippen LogP contribution < -0.4 is 14.8 Å². The van der Waals surface area contributed by atoms with Crippen LogP contribution in [0.3, 0.4) is 0 Å². The number of rotatable bonds is 6. The Bertz CT molecular complexity index is 406. The van der Waals surface area contributed by atoms with Gasteiger partial charge in [-0.05, 0) is 30.9 Å². The molecular formula is C14H19F2NO2. The van der Waals surface area contributed by atoms with Crippen LogP contribution >= 0.6 is 0 Å². The first-order valence-electron chi connectivity index (χ1n) is 6.55. The highest BCUT2D eigenvalue weighted by Crippen LogP contribution is 2.32. The zero-order chi connectivity index (χ0) is 13.7. The molecular weight excluding hydrogens is 252 g/mol. The van der Waals surface area contributed by atoms with Gasteiger partial charge in [0.2, 0.25) is 0 Å². The fraction of sp³-hybridized carbons (Fsp3) is 0.571. The lowest BCUT2D eigenvalue weighted by molar-refractivity contribution is -0.0494. The number of benzene rings is 1. The summed E-state index contributed by atoms with van der Waals surface area (Å²) >= 11 is 0. The predicted molar refractivity (Wildman–Crippen MR) is 70.1 cm³/mol. The minimum absolute atomic E-state index is 0.161. The van der Waals surface area contributed by atoms with Crippen molar-refractivity contribution in [2.75, 3.05) is 19.0 Å². The van der Waals surface area contributed by atoms with Crippen LogP contribution in [0.25, 0.3) is 0 Å². The summed E-state index contributed by atoms with van der Waals surface area (Å²) in [6, 6.07) is 4.80. The average molecular weight is 271 g/mol. The third-order valence-electron chi connectivity index (χ3n) is 3.46. The largest absolute Gasteiger partial charge is 0.497 e. The molecule has 106 valence electrons. The third-order valence-corrected chi connectivity index (χ3v) is 3.46. The second-order valence-corrected chi connectivity index (χ2v) is 4.77. The van der Waals surface area contributed by atoms with E-state index in [1.54, 1.807) is 19.2 Å². The number of hydrogen-bond donors (Lipinski definition) is 1. The van der Waals surface area contributed by atoms with Gasteiger partial charge in [0.1, 0.15) is 11.5 Å². The van der Waals surface area contributed by atoms with Gasteiger partial charge in [-0.1, -0.05) is 12.8 Å². The smallest absolute Gasteiger partial charge is 0.387 e. The Morgan fingerprint density at radius 1 is 1.32 bits per heavy atom. The molecule has 1 aliphatic rings. The van der Waals surface area contributed by atoms with Crippen LogP contribution in [-0.4, -0.2) is 20.3 Å². The van der Waals surface area contributed by atoms with Gasteiger partial charge in [0.25, 0.3) is 0 Å². The van der Waals surface area contributed by atoms with Crippen molar-refractivity contribution in [3.63, 3.8) is 0 Å². The molecule has 0 unspecified atom stereocenters. The summed E-state index contributed by atoms with van der Waals surface area (Å²) in [5.74, 6) is 1.40. The van der Waals surface area contributed by atoms with E-state index in [-0.39, 0.29) is 5.75 Å². The summed E-state index contributed by atoms with van der Waals surface area (Å²) < 4.78 is 34.3. The van der Waals surface area contributed by atoms with Crippen molar-refractivity contribution in [3.8, 4) is 11.5 Å². The van der Waals surface area contributed by atoms with Crippen LogP contribution in [-0.2, 0) is 0 Å². The van der Waals surface area contributed by atoms with Gasteiger partial charge < -0.3 is 14.8 Å². The first-order chi connectivity index (χ1) is 9.19. The number of ether oxygens (including phenoxy) is 2.